The average Bonchev–Trinajstić information content (AvgIpc) is 3.28. The van der Waals surface area contributed by atoms with Crippen molar-refractivity contribution in [1.82, 2.24) is 4.90 Å². The van der Waals surface area contributed by atoms with Gasteiger partial charge in [-0.15, -0.1) is 0 Å². The second kappa shape index (κ2) is 9.11. The van der Waals surface area contributed by atoms with Crippen LogP contribution in [0.25, 0.3) is 6.08 Å². The standard InChI is InChI=1S/C24H27NO5/c1-3-28-20-9-6-17(15-22(20)27-2)7-11-24(26)25-12-4-5-19(25)18-8-10-21-23(16-18)30-14-13-29-21/h6-11,15-16,19H,3-5,12-14H2,1-2H3. The molecule has 2 aromatic carbocycles. The van der Waals surface area contributed by atoms with Gasteiger partial charge < -0.3 is 23.8 Å². The summed E-state index contributed by atoms with van der Waals surface area (Å²) in [5, 5.41) is 0. The highest BCUT2D eigenvalue weighted by molar-refractivity contribution is 5.92. The number of nitrogens with zero attached hydrogens (tertiary/aromatic N) is 1. The minimum absolute atomic E-state index is 0.000223. The molecule has 2 aromatic rings. The van der Waals surface area contributed by atoms with Gasteiger partial charge in [-0.2, -0.15) is 0 Å². The predicted octanol–water partition coefficient (Wildman–Crippen LogP) is 4.24. The van der Waals surface area contributed by atoms with E-state index in [0.717, 1.165) is 42.0 Å². The van der Waals surface area contributed by atoms with E-state index in [2.05, 4.69) is 0 Å². The minimum atomic E-state index is 0.000223. The Morgan fingerprint density at radius 1 is 1.13 bits per heavy atom. The first kappa shape index (κ1) is 20.1. The van der Waals surface area contributed by atoms with Gasteiger partial charge >= 0.3 is 0 Å². The van der Waals surface area contributed by atoms with Crippen LogP contribution in [0.5, 0.6) is 23.0 Å². The second-order valence-electron chi connectivity index (χ2n) is 7.27. The van der Waals surface area contributed by atoms with Crippen LogP contribution in [-0.4, -0.2) is 44.3 Å². The van der Waals surface area contributed by atoms with Gasteiger partial charge in [0.2, 0.25) is 5.91 Å². The molecule has 0 aliphatic carbocycles. The van der Waals surface area contributed by atoms with Crippen molar-refractivity contribution in [3.8, 4) is 23.0 Å². The van der Waals surface area contributed by atoms with E-state index in [1.807, 2.05) is 54.3 Å². The first-order chi connectivity index (χ1) is 14.7. The van der Waals surface area contributed by atoms with Gasteiger partial charge in [-0.1, -0.05) is 12.1 Å². The van der Waals surface area contributed by atoms with E-state index in [0.29, 0.717) is 31.3 Å². The van der Waals surface area contributed by atoms with Crippen molar-refractivity contribution in [3.05, 3.63) is 53.6 Å². The molecule has 1 unspecified atom stereocenters. The summed E-state index contributed by atoms with van der Waals surface area (Å²) < 4.78 is 22.3. The molecule has 1 fully saturated rings. The third-order valence-corrected chi connectivity index (χ3v) is 5.39. The van der Waals surface area contributed by atoms with E-state index in [9.17, 15) is 4.79 Å². The summed E-state index contributed by atoms with van der Waals surface area (Å²) in [6, 6.07) is 11.7. The summed E-state index contributed by atoms with van der Waals surface area (Å²) in [6.45, 7) is 4.37. The lowest BCUT2D eigenvalue weighted by Crippen LogP contribution is -2.29. The van der Waals surface area contributed by atoms with E-state index < -0.39 is 0 Å². The molecule has 158 valence electrons. The maximum Gasteiger partial charge on any atom is 0.247 e. The number of carbonyl (C=O) groups is 1. The molecule has 30 heavy (non-hydrogen) atoms. The van der Waals surface area contributed by atoms with Crippen molar-refractivity contribution in [2.75, 3.05) is 33.5 Å². The van der Waals surface area contributed by atoms with Crippen molar-refractivity contribution in [1.29, 1.82) is 0 Å². The Morgan fingerprint density at radius 3 is 2.77 bits per heavy atom. The normalized spacial score (nSPS) is 17.9. The fourth-order valence-corrected chi connectivity index (χ4v) is 3.97. The highest BCUT2D eigenvalue weighted by atomic mass is 16.6. The van der Waals surface area contributed by atoms with Crippen molar-refractivity contribution in [3.63, 3.8) is 0 Å². The number of hydrogen-bond acceptors (Lipinski definition) is 5. The molecular weight excluding hydrogens is 382 g/mol. The number of benzene rings is 2. The number of rotatable bonds is 6. The van der Waals surface area contributed by atoms with Gasteiger partial charge in [0.1, 0.15) is 13.2 Å². The summed E-state index contributed by atoms with van der Waals surface area (Å²) in [6.07, 6.45) is 5.37. The van der Waals surface area contributed by atoms with Crippen molar-refractivity contribution in [2.24, 2.45) is 0 Å². The monoisotopic (exact) mass is 409 g/mol. The van der Waals surface area contributed by atoms with E-state index in [-0.39, 0.29) is 11.9 Å². The fourth-order valence-electron chi connectivity index (χ4n) is 3.97. The Kier molecular flexibility index (Phi) is 6.12. The van der Waals surface area contributed by atoms with Crippen molar-refractivity contribution in [2.45, 2.75) is 25.8 Å². The highest BCUT2D eigenvalue weighted by Crippen LogP contribution is 2.38. The molecule has 6 nitrogen and oxygen atoms in total. The SMILES string of the molecule is CCOc1ccc(C=CC(=O)N2CCCC2c2ccc3c(c2)OCCO3)cc1OC. The van der Waals surface area contributed by atoms with Gasteiger partial charge in [0, 0.05) is 12.6 Å². The topological polar surface area (TPSA) is 57.2 Å². The lowest BCUT2D eigenvalue weighted by Gasteiger charge is -2.26. The summed E-state index contributed by atoms with van der Waals surface area (Å²) in [5.74, 6) is 2.88. The molecule has 2 aliphatic rings. The van der Waals surface area contributed by atoms with Gasteiger partial charge in [0.05, 0.1) is 19.8 Å². The molecule has 0 aromatic heterocycles. The van der Waals surface area contributed by atoms with Gasteiger partial charge in [-0.25, -0.2) is 0 Å². The average molecular weight is 409 g/mol. The number of hydrogen-bond donors (Lipinski definition) is 0. The lowest BCUT2D eigenvalue weighted by atomic mass is 10.0. The number of likely N-dealkylation sites (tertiary alicyclic amines) is 1. The number of amides is 1. The van der Waals surface area contributed by atoms with Gasteiger partial charge in [-0.05, 0) is 61.2 Å². The Labute approximate surface area is 177 Å². The van der Waals surface area contributed by atoms with E-state index in [1.54, 1.807) is 13.2 Å². The Balaban J connectivity index is 1.49. The van der Waals surface area contributed by atoms with Crippen LogP contribution in [0.4, 0.5) is 0 Å². The second-order valence-corrected chi connectivity index (χ2v) is 7.27. The van der Waals surface area contributed by atoms with E-state index in [4.69, 9.17) is 18.9 Å². The molecule has 0 saturated carbocycles. The van der Waals surface area contributed by atoms with Crippen LogP contribution in [-0.2, 0) is 4.79 Å². The zero-order valence-corrected chi connectivity index (χ0v) is 17.4. The third kappa shape index (κ3) is 4.22. The highest BCUT2D eigenvalue weighted by Gasteiger charge is 2.29. The van der Waals surface area contributed by atoms with Gasteiger partial charge in [0.15, 0.2) is 23.0 Å². The molecule has 0 bridgehead atoms. The van der Waals surface area contributed by atoms with E-state index >= 15 is 0 Å². The molecule has 0 spiro atoms. The summed E-state index contributed by atoms with van der Waals surface area (Å²) >= 11 is 0. The molecule has 0 N–H and O–H groups in total. The molecule has 4 rings (SSSR count). The smallest absolute Gasteiger partial charge is 0.247 e. The maximum atomic E-state index is 12.9. The van der Waals surface area contributed by atoms with Crippen LogP contribution in [0.3, 0.4) is 0 Å². The first-order valence-corrected chi connectivity index (χ1v) is 10.4. The molecule has 1 amide bonds. The summed E-state index contributed by atoms with van der Waals surface area (Å²) in [5.41, 5.74) is 1.97. The third-order valence-electron chi connectivity index (χ3n) is 5.39. The van der Waals surface area contributed by atoms with E-state index in [1.165, 1.54) is 0 Å². The molecule has 2 aliphatic heterocycles. The Hall–Kier alpha value is -3.15. The first-order valence-electron chi connectivity index (χ1n) is 10.4. The molecule has 0 radical (unpaired) electrons. The van der Waals surface area contributed by atoms with Crippen LogP contribution in [0.15, 0.2) is 42.5 Å². The number of methoxy groups -OCH3 is 1. The van der Waals surface area contributed by atoms with Gasteiger partial charge in [0.25, 0.3) is 0 Å². The van der Waals surface area contributed by atoms with Crippen molar-refractivity contribution >= 4 is 12.0 Å². The predicted molar refractivity (Wildman–Crippen MR) is 114 cm³/mol. The summed E-state index contributed by atoms with van der Waals surface area (Å²) in [7, 11) is 1.61. The maximum absolute atomic E-state index is 12.9. The molecule has 2 heterocycles. The molecule has 1 saturated heterocycles. The number of carbonyl (C=O) groups excluding carboxylic acids is 1. The van der Waals surface area contributed by atoms with Crippen LogP contribution < -0.4 is 18.9 Å². The Bertz CT molecular complexity index is 939. The quantitative estimate of drug-likeness (QED) is 0.668. The molecular formula is C24H27NO5. The van der Waals surface area contributed by atoms with Crippen LogP contribution in [0.2, 0.25) is 0 Å². The molecule has 6 heteroatoms. The molecule has 1 atom stereocenters. The zero-order valence-electron chi connectivity index (χ0n) is 17.4. The minimum Gasteiger partial charge on any atom is -0.493 e. The Morgan fingerprint density at radius 2 is 1.97 bits per heavy atom. The zero-order chi connectivity index (χ0) is 20.9. The largest absolute Gasteiger partial charge is 0.493 e. The van der Waals surface area contributed by atoms with Crippen LogP contribution in [0.1, 0.15) is 36.9 Å². The summed E-state index contributed by atoms with van der Waals surface area (Å²) in [4.78, 5) is 14.9. The fraction of sp³-hybridized carbons (Fsp3) is 0.375. The van der Waals surface area contributed by atoms with Crippen molar-refractivity contribution < 1.29 is 23.7 Å². The lowest BCUT2D eigenvalue weighted by molar-refractivity contribution is -0.126. The van der Waals surface area contributed by atoms with Gasteiger partial charge in [-0.3, -0.25) is 4.79 Å². The number of fused-ring (bicyclic) bond motifs is 1. The number of ether oxygens (including phenoxy) is 4. The van der Waals surface area contributed by atoms with Crippen LogP contribution >= 0.6 is 0 Å². The van der Waals surface area contributed by atoms with Crippen LogP contribution in [0, 0.1) is 0 Å².